The molecule has 0 amide bonds. The summed E-state index contributed by atoms with van der Waals surface area (Å²) >= 11 is 0. The summed E-state index contributed by atoms with van der Waals surface area (Å²) in [7, 11) is -1.03. The number of anilines is 1. The second-order valence-electron chi connectivity index (χ2n) is 5.18. The summed E-state index contributed by atoms with van der Waals surface area (Å²) in [6.07, 6.45) is 0.0155. The van der Waals surface area contributed by atoms with E-state index in [0.717, 1.165) is 5.56 Å². The largest absolute Gasteiger partial charge is 0.399 e. The van der Waals surface area contributed by atoms with Crippen molar-refractivity contribution in [2.75, 3.05) is 30.8 Å². The molecule has 1 fully saturated rings. The molecule has 6 heteroatoms. The number of likely N-dealkylation sites (N-methyl/N-ethyl adjacent to an activating group) is 1. The SMILES string of the molecule is CN(C[C@H](O)c1ccc(N)cc1)[C@H]1CCS(=O)(=O)C1. The molecule has 0 spiro atoms. The van der Waals surface area contributed by atoms with Crippen molar-refractivity contribution in [2.24, 2.45) is 0 Å². The number of benzene rings is 1. The summed E-state index contributed by atoms with van der Waals surface area (Å²) in [5.74, 6) is 0.442. The number of rotatable bonds is 4. The summed E-state index contributed by atoms with van der Waals surface area (Å²) in [6.45, 7) is 0.421. The van der Waals surface area contributed by atoms with E-state index in [1.165, 1.54) is 0 Å². The van der Waals surface area contributed by atoms with Gasteiger partial charge in [0.05, 0.1) is 17.6 Å². The molecule has 1 aromatic carbocycles. The molecule has 0 aromatic heterocycles. The molecule has 5 nitrogen and oxygen atoms in total. The summed E-state index contributed by atoms with van der Waals surface area (Å²) in [6, 6.07) is 7.09. The summed E-state index contributed by atoms with van der Waals surface area (Å²) in [5, 5.41) is 10.1. The number of hydrogen-bond acceptors (Lipinski definition) is 5. The first kappa shape index (κ1) is 14.3. The zero-order chi connectivity index (χ0) is 14.0. The third-order valence-corrected chi connectivity index (χ3v) is 5.36. The average Bonchev–Trinajstić information content (AvgIpc) is 2.70. The number of aliphatic hydroxyl groups excluding tert-OH is 1. The van der Waals surface area contributed by atoms with E-state index in [0.29, 0.717) is 18.7 Å². The van der Waals surface area contributed by atoms with Crippen molar-refractivity contribution in [3.8, 4) is 0 Å². The van der Waals surface area contributed by atoms with Crippen LogP contribution in [0.25, 0.3) is 0 Å². The topological polar surface area (TPSA) is 83.6 Å². The summed E-state index contributed by atoms with van der Waals surface area (Å²) in [5.41, 5.74) is 7.05. The molecule has 1 saturated heterocycles. The fourth-order valence-corrected chi connectivity index (χ4v) is 4.17. The van der Waals surface area contributed by atoms with Gasteiger partial charge in [0.1, 0.15) is 0 Å². The van der Waals surface area contributed by atoms with Crippen molar-refractivity contribution in [3.05, 3.63) is 29.8 Å². The standard InChI is InChI=1S/C13H20N2O3S/c1-15(12-6-7-19(17,18)9-12)8-13(16)10-2-4-11(14)5-3-10/h2-5,12-13,16H,6-9,14H2,1H3/t12-,13-/m0/s1. The zero-order valence-corrected chi connectivity index (χ0v) is 11.8. The van der Waals surface area contributed by atoms with Gasteiger partial charge >= 0.3 is 0 Å². The van der Waals surface area contributed by atoms with Crippen LogP contribution >= 0.6 is 0 Å². The molecule has 1 heterocycles. The Bertz CT molecular complexity index is 527. The minimum Gasteiger partial charge on any atom is -0.399 e. The van der Waals surface area contributed by atoms with Crippen molar-refractivity contribution in [2.45, 2.75) is 18.6 Å². The lowest BCUT2D eigenvalue weighted by Gasteiger charge is -2.25. The summed E-state index contributed by atoms with van der Waals surface area (Å²) in [4.78, 5) is 1.92. The van der Waals surface area contributed by atoms with E-state index in [9.17, 15) is 13.5 Å². The van der Waals surface area contributed by atoms with Crippen LogP contribution in [0.1, 0.15) is 18.1 Å². The monoisotopic (exact) mass is 284 g/mol. The molecule has 0 saturated carbocycles. The molecule has 0 unspecified atom stereocenters. The van der Waals surface area contributed by atoms with Crippen LogP contribution in [-0.2, 0) is 9.84 Å². The highest BCUT2D eigenvalue weighted by atomic mass is 32.2. The van der Waals surface area contributed by atoms with Crippen LogP contribution in [0.15, 0.2) is 24.3 Å². The maximum absolute atomic E-state index is 11.4. The van der Waals surface area contributed by atoms with Crippen molar-refractivity contribution >= 4 is 15.5 Å². The van der Waals surface area contributed by atoms with Crippen LogP contribution in [0, 0.1) is 0 Å². The van der Waals surface area contributed by atoms with E-state index in [4.69, 9.17) is 5.73 Å². The molecule has 0 aliphatic carbocycles. The van der Waals surface area contributed by atoms with Gasteiger partial charge in [0.15, 0.2) is 9.84 Å². The van der Waals surface area contributed by atoms with Crippen molar-refractivity contribution < 1.29 is 13.5 Å². The van der Waals surface area contributed by atoms with Gasteiger partial charge in [-0.3, -0.25) is 4.90 Å². The lowest BCUT2D eigenvalue weighted by molar-refractivity contribution is 0.110. The van der Waals surface area contributed by atoms with Gasteiger partial charge in [-0.15, -0.1) is 0 Å². The molecular weight excluding hydrogens is 264 g/mol. The fraction of sp³-hybridized carbons (Fsp3) is 0.538. The van der Waals surface area contributed by atoms with Gasteiger partial charge < -0.3 is 10.8 Å². The van der Waals surface area contributed by atoms with Gasteiger partial charge in [-0.05, 0) is 31.2 Å². The molecule has 1 aromatic rings. The number of nitrogens with two attached hydrogens (primary N) is 1. The molecule has 0 bridgehead atoms. The van der Waals surface area contributed by atoms with Crippen LogP contribution in [0.2, 0.25) is 0 Å². The Morgan fingerprint density at radius 2 is 2.05 bits per heavy atom. The van der Waals surface area contributed by atoms with Crippen molar-refractivity contribution in [1.29, 1.82) is 0 Å². The molecule has 0 radical (unpaired) electrons. The minimum atomic E-state index is -2.89. The quantitative estimate of drug-likeness (QED) is 0.783. The maximum Gasteiger partial charge on any atom is 0.151 e. The highest BCUT2D eigenvalue weighted by Crippen LogP contribution is 2.20. The van der Waals surface area contributed by atoms with Crippen molar-refractivity contribution in [1.82, 2.24) is 4.90 Å². The molecule has 2 atom stereocenters. The number of sulfone groups is 1. The van der Waals surface area contributed by atoms with Gasteiger partial charge in [-0.2, -0.15) is 0 Å². The van der Waals surface area contributed by atoms with Gasteiger partial charge in [0.25, 0.3) is 0 Å². The third-order valence-electron chi connectivity index (χ3n) is 3.61. The first-order valence-electron chi connectivity index (χ1n) is 6.31. The third kappa shape index (κ3) is 3.68. The lowest BCUT2D eigenvalue weighted by Crippen LogP contribution is -2.35. The molecular formula is C13H20N2O3S. The Morgan fingerprint density at radius 1 is 1.42 bits per heavy atom. The Balaban J connectivity index is 1.95. The smallest absolute Gasteiger partial charge is 0.151 e. The Hall–Kier alpha value is -1.11. The average molecular weight is 284 g/mol. The predicted octanol–water partition coefficient (Wildman–Crippen LogP) is 0.421. The van der Waals surface area contributed by atoms with Crippen LogP contribution in [0.5, 0.6) is 0 Å². The Morgan fingerprint density at radius 3 is 2.58 bits per heavy atom. The molecule has 106 valence electrons. The maximum atomic E-state index is 11.4. The lowest BCUT2D eigenvalue weighted by atomic mass is 10.1. The number of nitrogens with zero attached hydrogens (tertiary/aromatic N) is 1. The van der Waals surface area contributed by atoms with Gasteiger partial charge in [0, 0.05) is 18.3 Å². The second-order valence-corrected chi connectivity index (χ2v) is 7.41. The normalized spacial score (nSPS) is 23.6. The van der Waals surface area contributed by atoms with E-state index in [2.05, 4.69) is 0 Å². The van der Waals surface area contributed by atoms with Gasteiger partial charge in [0.2, 0.25) is 0 Å². The van der Waals surface area contributed by atoms with Crippen LogP contribution in [0.4, 0.5) is 5.69 Å². The number of nitrogen functional groups attached to an aromatic ring is 1. The van der Waals surface area contributed by atoms with E-state index >= 15 is 0 Å². The van der Waals surface area contributed by atoms with Gasteiger partial charge in [-0.25, -0.2) is 8.42 Å². The molecule has 19 heavy (non-hydrogen) atoms. The van der Waals surface area contributed by atoms with Crippen LogP contribution < -0.4 is 5.73 Å². The van der Waals surface area contributed by atoms with Crippen molar-refractivity contribution in [3.63, 3.8) is 0 Å². The van der Waals surface area contributed by atoms with E-state index in [1.807, 2.05) is 11.9 Å². The van der Waals surface area contributed by atoms with Crippen LogP contribution in [-0.4, -0.2) is 49.6 Å². The minimum absolute atomic E-state index is 0.00781. The van der Waals surface area contributed by atoms with E-state index in [1.54, 1.807) is 24.3 Å². The number of hydrogen-bond donors (Lipinski definition) is 2. The zero-order valence-electron chi connectivity index (χ0n) is 11.0. The molecule has 1 aliphatic rings. The second kappa shape index (κ2) is 5.48. The highest BCUT2D eigenvalue weighted by molar-refractivity contribution is 7.91. The highest BCUT2D eigenvalue weighted by Gasteiger charge is 2.31. The summed E-state index contributed by atoms with van der Waals surface area (Å²) < 4.78 is 22.9. The van der Waals surface area contributed by atoms with E-state index in [-0.39, 0.29) is 17.5 Å². The fourth-order valence-electron chi connectivity index (χ4n) is 2.37. The Kier molecular flexibility index (Phi) is 4.13. The molecule has 2 rings (SSSR count). The van der Waals surface area contributed by atoms with Crippen LogP contribution in [0.3, 0.4) is 0 Å². The Labute approximate surface area is 113 Å². The first-order valence-corrected chi connectivity index (χ1v) is 8.14. The first-order chi connectivity index (χ1) is 8.87. The molecule has 3 N–H and O–H groups in total. The predicted molar refractivity (Wildman–Crippen MR) is 75.5 cm³/mol. The number of aliphatic hydroxyl groups is 1. The van der Waals surface area contributed by atoms with Gasteiger partial charge in [-0.1, -0.05) is 12.1 Å². The van der Waals surface area contributed by atoms with E-state index < -0.39 is 15.9 Å². The molecule has 1 aliphatic heterocycles.